The lowest BCUT2D eigenvalue weighted by molar-refractivity contribution is 0.225. The van der Waals surface area contributed by atoms with Crippen molar-refractivity contribution in [1.82, 2.24) is 4.90 Å². The summed E-state index contributed by atoms with van der Waals surface area (Å²) >= 11 is 0. The predicted octanol–water partition coefficient (Wildman–Crippen LogP) is 6.71. The van der Waals surface area contributed by atoms with Gasteiger partial charge in [0.2, 0.25) is 0 Å². The average Bonchev–Trinajstić information content (AvgIpc) is 2.88. The lowest BCUT2D eigenvalue weighted by Gasteiger charge is -2.30. The fraction of sp³-hybridized carbons (Fsp3) is 0.167. The second-order valence-electron chi connectivity index (χ2n) is 8.11. The van der Waals surface area contributed by atoms with E-state index < -0.39 is 0 Å². The lowest BCUT2D eigenvalue weighted by atomic mass is 10.0. The van der Waals surface area contributed by atoms with Crippen LogP contribution in [0, 0.1) is 0 Å². The lowest BCUT2D eigenvalue weighted by Crippen LogP contribution is -2.37. The first-order chi connectivity index (χ1) is 16.3. The minimum Gasteiger partial charge on any atom is -0.497 e. The molecular formula is C30H30N2O. The molecule has 0 saturated carbocycles. The molecule has 33 heavy (non-hydrogen) atoms. The molecule has 0 radical (unpaired) electrons. The second-order valence-corrected chi connectivity index (χ2v) is 8.11. The molecule has 0 bridgehead atoms. The fourth-order valence-corrected chi connectivity index (χ4v) is 3.90. The Balaban J connectivity index is 1.64. The van der Waals surface area contributed by atoms with Crippen molar-refractivity contribution in [3.63, 3.8) is 0 Å². The van der Waals surface area contributed by atoms with Crippen LogP contribution in [-0.2, 0) is 19.5 Å². The normalized spacial score (nSPS) is 12.2. The zero-order valence-electron chi connectivity index (χ0n) is 19.0. The van der Waals surface area contributed by atoms with Crippen LogP contribution in [-0.4, -0.2) is 24.3 Å². The minimum absolute atomic E-state index is 0.134. The maximum Gasteiger partial charge on any atom is 0.119 e. The van der Waals surface area contributed by atoms with E-state index in [1.165, 1.54) is 16.7 Å². The standard InChI is InChI=1S/C30H30N2O/c1-33-30-19-17-28(18-20-30)31-22-29(21-25-11-5-2-6-12-25)32(23-26-13-7-3-8-14-26)24-27-15-9-4-10-16-27/h2-20,22,29H,21,23-24H2,1H3/t29-/m0/s1. The summed E-state index contributed by atoms with van der Waals surface area (Å²) in [6.45, 7) is 1.70. The first-order valence-electron chi connectivity index (χ1n) is 11.3. The molecule has 0 N–H and O–H groups in total. The molecule has 0 saturated heterocycles. The molecule has 0 spiro atoms. The molecule has 0 amide bonds. The number of rotatable bonds is 10. The Morgan fingerprint density at radius 3 is 1.64 bits per heavy atom. The summed E-state index contributed by atoms with van der Waals surface area (Å²) in [5.41, 5.74) is 4.82. The molecule has 0 aliphatic heterocycles. The van der Waals surface area contributed by atoms with Crippen LogP contribution in [0.5, 0.6) is 5.75 Å². The van der Waals surface area contributed by atoms with Gasteiger partial charge in [0.25, 0.3) is 0 Å². The van der Waals surface area contributed by atoms with Crippen molar-refractivity contribution in [1.29, 1.82) is 0 Å². The van der Waals surface area contributed by atoms with Crippen LogP contribution in [0.4, 0.5) is 5.69 Å². The number of nitrogens with zero attached hydrogens (tertiary/aromatic N) is 2. The van der Waals surface area contributed by atoms with Gasteiger partial charge in [0, 0.05) is 25.3 Å². The van der Waals surface area contributed by atoms with Gasteiger partial charge in [-0.1, -0.05) is 91.0 Å². The summed E-state index contributed by atoms with van der Waals surface area (Å²) in [5.74, 6) is 0.838. The number of hydrogen-bond donors (Lipinski definition) is 0. The maximum atomic E-state index is 5.28. The monoisotopic (exact) mass is 434 g/mol. The predicted molar refractivity (Wildman–Crippen MR) is 137 cm³/mol. The molecule has 4 aromatic carbocycles. The van der Waals surface area contributed by atoms with E-state index in [1.807, 2.05) is 24.3 Å². The highest BCUT2D eigenvalue weighted by Crippen LogP contribution is 2.20. The van der Waals surface area contributed by atoms with Gasteiger partial charge in [-0.25, -0.2) is 0 Å². The highest BCUT2D eigenvalue weighted by atomic mass is 16.5. The highest BCUT2D eigenvalue weighted by molar-refractivity contribution is 5.69. The van der Waals surface area contributed by atoms with Crippen LogP contribution in [0.2, 0.25) is 0 Å². The molecule has 0 fully saturated rings. The Morgan fingerprint density at radius 1 is 0.667 bits per heavy atom. The third-order valence-electron chi connectivity index (χ3n) is 5.68. The van der Waals surface area contributed by atoms with Gasteiger partial charge in [-0.2, -0.15) is 0 Å². The van der Waals surface area contributed by atoms with Crippen molar-refractivity contribution in [2.45, 2.75) is 25.6 Å². The van der Waals surface area contributed by atoms with E-state index in [1.54, 1.807) is 7.11 Å². The number of aliphatic imine (C=N–C) groups is 1. The van der Waals surface area contributed by atoms with Gasteiger partial charge in [0.05, 0.1) is 12.8 Å². The summed E-state index contributed by atoms with van der Waals surface area (Å²) in [6, 6.07) is 40.0. The second kappa shape index (κ2) is 11.8. The van der Waals surface area contributed by atoms with Crippen molar-refractivity contribution >= 4 is 11.9 Å². The SMILES string of the molecule is COc1ccc(N=C[C@H](Cc2ccccc2)N(Cc2ccccc2)Cc2ccccc2)cc1. The molecule has 3 nitrogen and oxygen atoms in total. The quantitative estimate of drug-likeness (QED) is 0.259. The van der Waals surface area contributed by atoms with Crippen molar-refractivity contribution in [2.75, 3.05) is 7.11 Å². The summed E-state index contributed by atoms with van der Waals surface area (Å²) in [4.78, 5) is 7.36. The molecule has 0 aliphatic carbocycles. The van der Waals surface area contributed by atoms with Gasteiger partial charge in [-0.3, -0.25) is 9.89 Å². The van der Waals surface area contributed by atoms with Gasteiger partial charge in [0.15, 0.2) is 0 Å². The molecule has 0 unspecified atom stereocenters. The Labute approximate surface area is 197 Å². The first-order valence-corrected chi connectivity index (χ1v) is 11.3. The smallest absolute Gasteiger partial charge is 0.119 e. The zero-order valence-corrected chi connectivity index (χ0v) is 19.0. The summed E-state index contributed by atoms with van der Waals surface area (Å²) in [7, 11) is 1.68. The third-order valence-corrected chi connectivity index (χ3v) is 5.68. The molecule has 0 aromatic heterocycles. The van der Waals surface area contributed by atoms with Crippen LogP contribution in [0.1, 0.15) is 16.7 Å². The Morgan fingerprint density at radius 2 is 1.15 bits per heavy atom. The molecule has 1 atom stereocenters. The summed E-state index contributed by atoms with van der Waals surface area (Å²) in [5, 5.41) is 0. The Bertz CT molecular complexity index is 1070. The van der Waals surface area contributed by atoms with Crippen LogP contribution in [0.15, 0.2) is 120 Å². The minimum atomic E-state index is 0.134. The van der Waals surface area contributed by atoms with Gasteiger partial charge >= 0.3 is 0 Å². The van der Waals surface area contributed by atoms with E-state index in [4.69, 9.17) is 9.73 Å². The van der Waals surface area contributed by atoms with E-state index >= 15 is 0 Å². The highest BCUT2D eigenvalue weighted by Gasteiger charge is 2.18. The van der Waals surface area contributed by atoms with E-state index in [0.717, 1.165) is 30.9 Å². The summed E-state index contributed by atoms with van der Waals surface area (Å²) < 4.78 is 5.28. The Hall–Kier alpha value is -3.69. The molecule has 4 aromatic rings. The molecule has 4 rings (SSSR count). The van der Waals surface area contributed by atoms with Gasteiger partial charge in [-0.15, -0.1) is 0 Å². The van der Waals surface area contributed by atoms with Crippen molar-refractivity contribution in [3.05, 3.63) is 132 Å². The van der Waals surface area contributed by atoms with Gasteiger partial charge < -0.3 is 4.74 Å². The van der Waals surface area contributed by atoms with Gasteiger partial charge in [-0.05, 0) is 47.4 Å². The fourth-order valence-electron chi connectivity index (χ4n) is 3.90. The maximum absolute atomic E-state index is 5.28. The molecule has 166 valence electrons. The van der Waals surface area contributed by atoms with E-state index in [9.17, 15) is 0 Å². The van der Waals surface area contributed by atoms with E-state index in [0.29, 0.717) is 0 Å². The van der Waals surface area contributed by atoms with E-state index in [-0.39, 0.29) is 6.04 Å². The van der Waals surface area contributed by atoms with Crippen LogP contribution in [0.3, 0.4) is 0 Å². The van der Waals surface area contributed by atoms with Crippen molar-refractivity contribution < 1.29 is 4.74 Å². The molecule has 3 heteroatoms. The molecular weight excluding hydrogens is 404 g/mol. The third kappa shape index (κ3) is 6.90. The number of benzene rings is 4. The number of ether oxygens (including phenoxy) is 1. The van der Waals surface area contributed by atoms with E-state index in [2.05, 4.69) is 102 Å². The topological polar surface area (TPSA) is 24.8 Å². The number of hydrogen-bond acceptors (Lipinski definition) is 3. The number of methoxy groups -OCH3 is 1. The van der Waals surface area contributed by atoms with Crippen LogP contribution in [0.25, 0.3) is 0 Å². The molecule has 0 aliphatic rings. The zero-order chi connectivity index (χ0) is 22.7. The summed E-state index contributed by atoms with van der Waals surface area (Å²) in [6.07, 6.45) is 2.99. The molecule has 0 heterocycles. The van der Waals surface area contributed by atoms with Crippen molar-refractivity contribution in [2.24, 2.45) is 4.99 Å². The largest absolute Gasteiger partial charge is 0.497 e. The van der Waals surface area contributed by atoms with Crippen molar-refractivity contribution in [3.8, 4) is 5.75 Å². The first kappa shape index (κ1) is 22.5. The van der Waals surface area contributed by atoms with Gasteiger partial charge in [0.1, 0.15) is 5.75 Å². The Kier molecular flexibility index (Phi) is 8.04. The average molecular weight is 435 g/mol. The van der Waals surface area contributed by atoms with Crippen LogP contribution >= 0.6 is 0 Å². The van der Waals surface area contributed by atoms with Crippen LogP contribution < -0.4 is 4.74 Å².